The first kappa shape index (κ1) is 15.7. The molecule has 1 fully saturated rings. The maximum absolute atomic E-state index is 14.2. The third-order valence-electron chi connectivity index (χ3n) is 4.31. The Morgan fingerprint density at radius 2 is 2.30 bits per heavy atom. The zero-order chi connectivity index (χ0) is 16.4. The minimum absolute atomic E-state index is 0.0533. The molecule has 3 rings (SSSR count). The van der Waals surface area contributed by atoms with Crippen LogP contribution in [-0.4, -0.2) is 34.9 Å². The first-order valence-corrected chi connectivity index (χ1v) is 7.62. The second-order valence-electron chi connectivity index (χ2n) is 5.83. The molecule has 6 heteroatoms. The highest BCUT2D eigenvalue weighted by atomic mass is 19.1. The van der Waals surface area contributed by atoms with Crippen LogP contribution in [0.4, 0.5) is 4.39 Å². The minimum atomic E-state index is -0.338. The van der Waals surface area contributed by atoms with Crippen LogP contribution in [0, 0.1) is 31.0 Å². The number of aromatic nitrogens is 2. The van der Waals surface area contributed by atoms with Crippen molar-refractivity contribution in [2.45, 2.75) is 26.4 Å². The summed E-state index contributed by atoms with van der Waals surface area (Å²) in [5.74, 6) is -0.338. The smallest absolute Gasteiger partial charge is 0.129 e. The van der Waals surface area contributed by atoms with Gasteiger partial charge >= 0.3 is 0 Å². The molecule has 1 N–H and O–H groups in total. The topological polar surface area (TPSA) is 64.9 Å². The fourth-order valence-electron chi connectivity index (χ4n) is 3.11. The van der Waals surface area contributed by atoms with Crippen LogP contribution in [0.2, 0.25) is 0 Å². The van der Waals surface area contributed by atoms with E-state index in [0.717, 1.165) is 23.5 Å². The van der Waals surface area contributed by atoms with Gasteiger partial charge in [-0.15, -0.1) is 0 Å². The van der Waals surface area contributed by atoms with E-state index in [1.165, 1.54) is 6.07 Å². The minimum Gasteiger partial charge on any atom is -0.378 e. The summed E-state index contributed by atoms with van der Waals surface area (Å²) >= 11 is 0. The number of benzene rings is 1. The Bertz CT molecular complexity index is 730. The van der Waals surface area contributed by atoms with Gasteiger partial charge in [-0.25, -0.2) is 4.39 Å². The molecule has 1 aromatic carbocycles. The van der Waals surface area contributed by atoms with Crippen molar-refractivity contribution in [2.75, 3.05) is 19.8 Å². The fraction of sp³-hybridized carbons (Fsp3) is 0.412. The van der Waals surface area contributed by atoms with Gasteiger partial charge in [-0.1, -0.05) is 6.07 Å². The van der Waals surface area contributed by atoms with Crippen LogP contribution in [0.25, 0.3) is 0 Å². The fourth-order valence-corrected chi connectivity index (χ4v) is 3.11. The second-order valence-corrected chi connectivity index (χ2v) is 5.83. The highest BCUT2D eigenvalue weighted by Gasteiger charge is 2.29. The number of aryl methyl sites for hydroxylation is 2. The van der Waals surface area contributed by atoms with Crippen molar-refractivity contribution in [3.8, 4) is 6.07 Å². The molecule has 120 valence electrons. The molecule has 0 unspecified atom stereocenters. The third-order valence-corrected chi connectivity index (χ3v) is 4.31. The van der Waals surface area contributed by atoms with Gasteiger partial charge in [0.25, 0.3) is 0 Å². The lowest BCUT2D eigenvalue weighted by Crippen LogP contribution is -2.39. The van der Waals surface area contributed by atoms with Crippen molar-refractivity contribution in [1.29, 1.82) is 5.26 Å². The molecule has 1 aliphatic heterocycles. The summed E-state index contributed by atoms with van der Waals surface area (Å²) < 4.78 is 19.8. The molecule has 0 saturated carbocycles. The van der Waals surface area contributed by atoms with Gasteiger partial charge in [0.1, 0.15) is 5.82 Å². The molecule has 1 aliphatic rings. The average Bonchev–Trinajstić information content (AvgIpc) is 2.89. The van der Waals surface area contributed by atoms with E-state index < -0.39 is 0 Å². The number of nitrogens with zero attached hydrogens (tertiary/aromatic N) is 3. The van der Waals surface area contributed by atoms with E-state index in [2.05, 4.69) is 15.1 Å². The van der Waals surface area contributed by atoms with Crippen LogP contribution in [0.3, 0.4) is 0 Å². The lowest BCUT2D eigenvalue weighted by atomic mass is 10.0. The van der Waals surface area contributed by atoms with E-state index in [0.29, 0.717) is 30.9 Å². The van der Waals surface area contributed by atoms with E-state index in [4.69, 9.17) is 10.00 Å². The van der Waals surface area contributed by atoms with E-state index >= 15 is 0 Å². The Labute approximate surface area is 134 Å². The number of aromatic amines is 1. The average molecular weight is 314 g/mol. The summed E-state index contributed by atoms with van der Waals surface area (Å²) in [6.45, 7) is 6.37. The number of morpholine rings is 1. The molecule has 0 aliphatic carbocycles. The van der Waals surface area contributed by atoms with Crippen LogP contribution in [0.15, 0.2) is 18.2 Å². The van der Waals surface area contributed by atoms with Gasteiger partial charge in [-0.3, -0.25) is 10.00 Å². The molecule has 2 aromatic rings. The van der Waals surface area contributed by atoms with Gasteiger partial charge in [0.05, 0.1) is 36.6 Å². The van der Waals surface area contributed by atoms with Crippen LogP contribution in [0.5, 0.6) is 0 Å². The summed E-state index contributed by atoms with van der Waals surface area (Å²) in [4.78, 5) is 2.21. The molecule has 0 spiro atoms. The predicted octanol–water partition coefficient (Wildman–Crippen LogP) is 2.61. The van der Waals surface area contributed by atoms with E-state index in [-0.39, 0.29) is 11.9 Å². The molecule has 1 aromatic heterocycles. The quantitative estimate of drug-likeness (QED) is 0.946. The summed E-state index contributed by atoms with van der Waals surface area (Å²) in [5, 5.41) is 16.1. The molecule has 23 heavy (non-hydrogen) atoms. The van der Waals surface area contributed by atoms with Crippen LogP contribution < -0.4 is 0 Å². The van der Waals surface area contributed by atoms with Gasteiger partial charge in [0.2, 0.25) is 0 Å². The van der Waals surface area contributed by atoms with Gasteiger partial charge in [0.15, 0.2) is 0 Å². The number of ether oxygens (including phenoxy) is 1. The Morgan fingerprint density at radius 3 is 2.96 bits per heavy atom. The molecule has 0 bridgehead atoms. The number of H-pyrrole nitrogens is 1. The second kappa shape index (κ2) is 6.49. The molecular weight excluding hydrogens is 295 g/mol. The third kappa shape index (κ3) is 3.11. The maximum atomic E-state index is 14.2. The molecule has 1 atom stereocenters. The molecule has 5 nitrogen and oxygen atoms in total. The van der Waals surface area contributed by atoms with Crippen LogP contribution >= 0.6 is 0 Å². The number of halogens is 1. The SMILES string of the molecule is Cc1n[nH]c(C)c1[C@@H]1COCCN1Cc1ccc(C#N)cc1F. The maximum Gasteiger partial charge on any atom is 0.129 e. The summed E-state index contributed by atoms with van der Waals surface area (Å²) in [6.07, 6.45) is 0. The molecular formula is C17H19FN4O. The van der Waals surface area contributed by atoms with Gasteiger partial charge < -0.3 is 4.74 Å². The standard InChI is InChI=1S/C17H19FN4O/c1-11-17(12(2)21-20-11)16-10-23-6-5-22(16)9-14-4-3-13(8-19)7-15(14)18/h3-4,7,16H,5-6,9-10H2,1-2H3,(H,20,21)/t16-/m0/s1. The Balaban J connectivity index is 1.87. The van der Waals surface area contributed by atoms with Crippen molar-refractivity contribution < 1.29 is 9.13 Å². The van der Waals surface area contributed by atoms with E-state index in [9.17, 15) is 4.39 Å². The van der Waals surface area contributed by atoms with Gasteiger partial charge in [0, 0.05) is 29.9 Å². The first-order valence-electron chi connectivity index (χ1n) is 7.62. The van der Waals surface area contributed by atoms with Gasteiger partial charge in [-0.05, 0) is 26.0 Å². The molecule has 0 radical (unpaired) electrons. The van der Waals surface area contributed by atoms with E-state index in [1.54, 1.807) is 12.1 Å². The van der Waals surface area contributed by atoms with Crippen molar-refractivity contribution >= 4 is 0 Å². The summed E-state index contributed by atoms with van der Waals surface area (Å²) in [5.41, 5.74) is 4.02. The lowest BCUT2D eigenvalue weighted by molar-refractivity contribution is -0.0135. The largest absolute Gasteiger partial charge is 0.378 e. The predicted molar refractivity (Wildman–Crippen MR) is 83.1 cm³/mol. The monoisotopic (exact) mass is 314 g/mol. The normalized spacial score (nSPS) is 18.8. The number of nitriles is 1. The zero-order valence-corrected chi connectivity index (χ0v) is 13.3. The van der Waals surface area contributed by atoms with Crippen LogP contribution in [0.1, 0.15) is 34.1 Å². The summed E-state index contributed by atoms with van der Waals surface area (Å²) in [7, 11) is 0. The van der Waals surface area contributed by atoms with Crippen molar-refractivity contribution in [3.05, 3.63) is 52.1 Å². The van der Waals surface area contributed by atoms with Gasteiger partial charge in [-0.2, -0.15) is 10.4 Å². The highest BCUT2D eigenvalue weighted by molar-refractivity contribution is 5.33. The van der Waals surface area contributed by atoms with Crippen LogP contribution in [-0.2, 0) is 11.3 Å². The number of rotatable bonds is 3. The highest BCUT2D eigenvalue weighted by Crippen LogP contribution is 2.30. The Kier molecular flexibility index (Phi) is 4.42. The first-order chi connectivity index (χ1) is 11.1. The Morgan fingerprint density at radius 1 is 1.48 bits per heavy atom. The van der Waals surface area contributed by atoms with E-state index in [1.807, 2.05) is 19.9 Å². The van der Waals surface area contributed by atoms with Crippen molar-refractivity contribution in [2.24, 2.45) is 0 Å². The zero-order valence-electron chi connectivity index (χ0n) is 13.3. The summed E-state index contributed by atoms with van der Waals surface area (Å²) in [6, 6.07) is 6.65. The molecule has 1 saturated heterocycles. The van der Waals surface area contributed by atoms with Crippen molar-refractivity contribution in [3.63, 3.8) is 0 Å². The Hall–Kier alpha value is -2.23. The lowest BCUT2D eigenvalue weighted by Gasteiger charge is -2.36. The molecule has 2 heterocycles. The number of nitrogens with one attached hydrogen (secondary N) is 1. The van der Waals surface area contributed by atoms with Crippen molar-refractivity contribution in [1.82, 2.24) is 15.1 Å². The molecule has 0 amide bonds. The number of hydrogen-bond donors (Lipinski definition) is 1. The number of hydrogen-bond acceptors (Lipinski definition) is 4.